The molecule has 17 heavy (non-hydrogen) atoms. The highest BCUT2D eigenvalue weighted by atomic mass is 79.9. The van der Waals surface area contributed by atoms with Crippen LogP contribution in [0.1, 0.15) is 10.4 Å². The van der Waals surface area contributed by atoms with Crippen molar-refractivity contribution in [2.75, 3.05) is 5.73 Å². The molecule has 2 aromatic rings. The van der Waals surface area contributed by atoms with Gasteiger partial charge in [0.1, 0.15) is 0 Å². The molecule has 0 amide bonds. The molecule has 2 N–H and O–H groups in total. The molecule has 1 unspecified atom stereocenters. The fraction of sp³-hybridized carbons (Fsp3) is 0.167. The first-order valence-electron chi connectivity index (χ1n) is 5.05. The quantitative estimate of drug-likeness (QED) is 0.872. The molecule has 1 atom stereocenters. The van der Waals surface area contributed by atoms with Crippen molar-refractivity contribution in [3.05, 3.63) is 44.6 Å². The predicted octanol–water partition coefficient (Wildman–Crippen LogP) is 3.71. The van der Waals surface area contributed by atoms with Crippen LogP contribution in [0.3, 0.4) is 0 Å². The zero-order chi connectivity index (χ0) is 12.4. The Morgan fingerprint density at radius 3 is 2.82 bits per heavy atom. The number of para-hydroxylation sites is 1. The number of thiophene rings is 1. The third-order valence-electron chi connectivity index (χ3n) is 2.48. The molecule has 1 aromatic heterocycles. The summed E-state index contributed by atoms with van der Waals surface area (Å²) in [6.45, 7) is 1.93. The first-order chi connectivity index (χ1) is 8.09. The SMILES string of the molecule is Cc1cccc(S(=O)Cc2sccc2Br)c1N. The van der Waals surface area contributed by atoms with Crippen LogP contribution in [-0.4, -0.2) is 4.21 Å². The van der Waals surface area contributed by atoms with Gasteiger partial charge >= 0.3 is 0 Å². The van der Waals surface area contributed by atoms with E-state index in [1.54, 1.807) is 11.3 Å². The lowest BCUT2D eigenvalue weighted by Gasteiger charge is -2.07. The number of anilines is 1. The van der Waals surface area contributed by atoms with Gasteiger partial charge in [-0.25, -0.2) is 0 Å². The van der Waals surface area contributed by atoms with Gasteiger partial charge in [0.05, 0.1) is 27.1 Å². The van der Waals surface area contributed by atoms with Crippen molar-refractivity contribution >= 4 is 43.8 Å². The number of hydrogen-bond acceptors (Lipinski definition) is 3. The van der Waals surface area contributed by atoms with Crippen LogP contribution in [0.25, 0.3) is 0 Å². The molecule has 0 saturated heterocycles. The highest BCUT2D eigenvalue weighted by Crippen LogP contribution is 2.28. The van der Waals surface area contributed by atoms with E-state index in [1.165, 1.54) is 0 Å². The molecular weight excluding hydrogens is 318 g/mol. The molecule has 0 radical (unpaired) electrons. The van der Waals surface area contributed by atoms with Crippen LogP contribution in [0.5, 0.6) is 0 Å². The maximum absolute atomic E-state index is 12.3. The summed E-state index contributed by atoms with van der Waals surface area (Å²) < 4.78 is 13.3. The third kappa shape index (κ3) is 2.78. The lowest BCUT2D eigenvalue weighted by molar-refractivity contribution is 0.683. The molecule has 0 saturated carbocycles. The van der Waals surface area contributed by atoms with Crippen LogP contribution in [0.15, 0.2) is 39.0 Å². The lowest BCUT2D eigenvalue weighted by atomic mass is 10.2. The normalized spacial score (nSPS) is 12.6. The Labute approximate surface area is 115 Å². The fourth-order valence-electron chi connectivity index (χ4n) is 1.48. The third-order valence-corrected chi connectivity index (χ3v) is 5.99. The minimum absolute atomic E-state index is 0.506. The average Bonchev–Trinajstić information content (AvgIpc) is 2.68. The van der Waals surface area contributed by atoms with Gasteiger partial charge < -0.3 is 5.73 Å². The molecule has 1 heterocycles. The minimum atomic E-state index is -1.09. The maximum Gasteiger partial charge on any atom is 0.0638 e. The summed E-state index contributed by atoms with van der Waals surface area (Å²) in [7, 11) is -1.09. The van der Waals surface area contributed by atoms with Crippen molar-refractivity contribution < 1.29 is 4.21 Å². The Kier molecular flexibility index (Phi) is 4.01. The largest absolute Gasteiger partial charge is 0.398 e. The predicted molar refractivity (Wildman–Crippen MR) is 77.7 cm³/mol. The standard InChI is InChI=1S/C12H12BrNOS2/c1-8-3-2-4-11(12(8)14)17(15)7-10-9(13)5-6-16-10/h2-6H,7,14H2,1H3. The molecule has 0 fully saturated rings. The van der Waals surface area contributed by atoms with Gasteiger partial charge in [0, 0.05) is 9.35 Å². The zero-order valence-corrected chi connectivity index (χ0v) is 12.5. The summed E-state index contributed by atoms with van der Waals surface area (Å²) in [5.41, 5.74) is 7.56. The van der Waals surface area contributed by atoms with Crippen LogP contribution in [-0.2, 0) is 16.6 Å². The second-order valence-corrected chi connectivity index (χ2v) is 6.94. The number of benzene rings is 1. The van der Waals surface area contributed by atoms with Crippen molar-refractivity contribution in [3.8, 4) is 0 Å². The number of halogens is 1. The van der Waals surface area contributed by atoms with Crippen LogP contribution in [0.4, 0.5) is 5.69 Å². The maximum atomic E-state index is 12.3. The summed E-state index contributed by atoms with van der Waals surface area (Å²) >= 11 is 5.05. The molecule has 0 aliphatic carbocycles. The van der Waals surface area contributed by atoms with E-state index in [9.17, 15) is 4.21 Å². The second-order valence-electron chi connectivity index (χ2n) is 3.67. The van der Waals surface area contributed by atoms with E-state index in [0.29, 0.717) is 11.4 Å². The van der Waals surface area contributed by atoms with Gasteiger partial charge in [0.15, 0.2) is 0 Å². The summed E-state index contributed by atoms with van der Waals surface area (Å²) in [4.78, 5) is 1.81. The average molecular weight is 330 g/mol. The van der Waals surface area contributed by atoms with Crippen molar-refractivity contribution in [1.82, 2.24) is 0 Å². The Hall–Kier alpha value is -0.650. The monoisotopic (exact) mass is 329 g/mol. The topological polar surface area (TPSA) is 43.1 Å². The highest BCUT2D eigenvalue weighted by Gasteiger charge is 2.12. The Bertz CT molecular complexity index is 565. The summed E-state index contributed by atoms with van der Waals surface area (Å²) in [5.74, 6) is 0.506. The molecule has 0 spiro atoms. The summed E-state index contributed by atoms with van der Waals surface area (Å²) in [6.07, 6.45) is 0. The van der Waals surface area contributed by atoms with Gasteiger partial charge in [-0.05, 0) is 45.9 Å². The van der Waals surface area contributed by atoms with Gasteiger partial charge in [-0.15, -0.1) is 11.3 Å². The first kappa shape index (κ1) is 12.8. The number of rotatable bonds is 3. The Morgan fingerprint density at radius 2 is 2.18 bits per heavy atom. The molecule has 0 aliphatic heterocycles. The van der Waals surface area contributed by atoms with Crippen molar-refractivity contribution in [1.29, 1.82) is 0 Å². The zero-order valence-electron chi connectivity index (χ0n) is 9.27. The molecule has 0 bridgehead atoms. The van der Waals surface area contributed by atoms with Crippen LogP contribution >= 0.6 is 27.3 Å². The highest BCUT2D eigenvalue weighted by molar-refractivity contribution is 9.10. The van der Waals surface area contributed by atoms with E-state index < -0.39 is 10.8 Å². The van der Waals surface area contributed by atoms with E-state index >= 15 is 0 Å². The molecule has 2 nitrogen and oxygen atoms in total. The number of hydrogen-bond donors (Lipinski definition) is 1. The molecular formula is C12H12BrNOS2. The molecule has 5 heteroatoms. The summed E-state index contributed by atoms with van der Waals surface area (Å²) in [6, 6.07) is 7.62. The van der Waals surface area contributed by atoms with Gasteiger partial charge in [-0.3, -0.25) is 4.21 Å². The second kappa shape index (κ2) is 5.33. The van der Waals surface area contributed by atoms with E-state index in [1.807, 2.05) is 36.6 Å². The number of aryl methyl sites for hydroxylation is 1. The van der Waals surface area contributed by atoms with Crippen molar-refractivity contribution in [2.45, 2.75) is 17.6 Å². The first-order valence-corrected chi connectivity index (χ1v) is 8.04. The van der Waals surface area contributed by atoms with E-state index in [2.05, 4.69) is 15.9 Å². The summed E-state index contributed by atoms with van der Waals surface area (Å²) in [5, 5.41) is 1.98. The Balaban J connectivity index is 2.27. The molecule has 1 aromatic carbocycles. The van der Waals surface area contributed by atoms with Gasteiger partial charge in [0.25, 0.3) is 0 Å². The van der Waals surface area contributed by atoms with Gasteiger partial charge in [0.2, 0.25) is 0 Å². The van der Waals surface area contributed by atoms with Gasteiger partial charge in [-0.2, -0.15) is 0 Å². The minimum Gasteiger partial charge on any atom is -0.398 e. The van der Waals surface area contributed by atoms with Crippen molar-refractivity contribution in [3.63, 3.8) is 0 Å². The van der Waals surface area contributed by atoms with Crippen LogP contribution in [0.2, 0.25) is 0 Å². The number of nitrogens with two attached hydrogens (primary N) is 1. The smallest absolute Gasteiger partial charge is 0.0638 e. The fourth-order valence-corrected chi connectivity index (χ4v) is 4.72. The lowest BCUT2D eigenvalue weighted by Crippen LogP contribution is -2.01. The van der Waals surface area contributed by atoms with Crippen LogP contribution < -0.4 is 5.73 Å². The molecule has 0 aliphatic rings. The van der Waals surface area contributed by atoms with Crippen molar-refractivity contribution in [2.24, 2.45) is 0 Å². The Morgan fingerprint density at radius 1 is 1.41 bits per heavy atom. The van der Waals surface area contributed by atoms with E-state index in [0.717, 1.165) is 19.8 Å². The molecule has 90 valence electrons. The van der Waals surface area contributed by atoms with E-state index in [-0.39, 0.29) is 0 Å². The number of nitrogen functional groups attached to an aromatic ring is 1. The van der Waals surface area contributed by atoms with Gasteiger partial charge in [-0.1, -0.05) is 12.1 Å². The van der Waals surface area contributed by atoms with E-state index in [4.69, 9.17) is 5.73 Å². The van der Waals surface area contributed by atoms with Crippen LogP contribution in [0, 0.1) is 6.92 Å². The molecule has 2 rings (SSSR count).